The van der Waals surface area contributed by atoms with Crippen molar-refractivity contribution in [3.05, 3.63) is 131 Å². The van der Waals surface area contributed by atoms with Gasteiger partial charge in [0.05, 0.1) is 5.58 Å². The standard InChI is InChI=1S/C36H38N3O2.C15H16N.Ir/c1-19(2)22-15-26(20(3)4)31(27(16-22)21(5)6)35-39-28-14-13-24-23-11-10-12-25(32(23)40-33(24)34(28)41-35)29-17-30(36(7,8)9)38-18-37-29;1-15(2,3)13-9-10-14(16-11-13)12-7-5-4-6-8-12;/h10-11,13-21H,1-9H3;4-7,9-11H,1-3H3;/q2*-1;. The Balaban J connectivity index is 0.000000280. The van der Waals surface area contributed by atoms with Crippen LogP contribution in [0.2, 0.25) is 0 Å². The van der Waals surface area contributed by atoms with Crippen LogP contribution in [0.25, 0.3) is 67.0 Å². The van der Waals surface area contributed by atoms with Crippen LogP contribution in [0, 0.1) is 12.1 Å². The predicted molar refractivity (Wildman–Crippen MR) is 235 cm³/mol. The van der Waals surface area contributed by atoms with Crippen LogP contribution in [0.3, 0.4) is 0 Å². The van der Waals surface area contributed by atoms with E-state index in [1.54, 1.807) is 6.33 Å². The van der Waals surface area contributed by atoms with Crippen molar-refractivity contribution in [3.8, 4) is 34.0 Å². The molecule has 8 rings (SSSR count). The van der Waals surface area contributed by atoms with Gasteiger partial charge < -0.3 is 13.8 Å². The van der Waals surface area contributed by atoms with Gasteiger partial charge in [-0.1, -0.05) is 124 Å². The maximum atomic E-state index is 6.65. The van der Waals surface area contributed by atoms with Gasteiger partial charge in [0.1, 0.15) is 11.8 Å². The van der Waals surface area contributed by atoms with Crippen LogP contribution in [0.15, 0.2) is 100 Å². The van der Waals surface area contributed by atoms with Gasteiger partial charge in [-0.2, -0.15) is 0 Å². The van der Waals surface area contributed by atoms with Crippen molar-refractivity contribution in [3.63, 3.8) is 0 Å². The Hall–Kier alpha value is -4.97. The molecule has 8 aromatic rings. The average Bonchev–Trinajstić information content (AvgIpc) is 3.79. The molecule has 7 heteroatoms. The van der Waals surface area contributed by atoms with Crippen molar-refractivity contribution in [2.75, 3.05) is 0 Å². The first-order chi connectivity index (χ1) is 27.0. The van der Waals surface area contributed by atoms with E-state index in [2.05, 4.69) is 141 Å². The molecular weight excluding hydrogens is 893 g/mol. The molecule has 0 unspecified atom stereocenters. The third-order valence-electron chi connectivity index (χ3n) is 10.6. The van der Waals surface area contributed by atoms with Crippen molar-refractivity contribution >= 4 is 33.0 Å². The summed E-state index contributed by atoms with van der Waals surface area (Å²) < 4.78 is 13.3. The summed E-state index contributed by atoms with van der Waals surface area (Å²) in [7, 11) is 0. The SMILES string of the molecule is CC(C)(C)c1ccc(-c2[c-]cccc2)nc1.CC(C)c1cc(C(C)C)c(-c2nc3ccc4c5cc[c-]c(-c6cc(C(C)(C)C)ncn6)c5oc4c3o2)c(C(C)C)c1.[Ir]. The molecule has 0 saturated carbocycles. The molecule has 0 N–H and O–H groups in total. The number of pyridine rings is 1. The minimum atomic E-state index is -0.0983. The quantitative estimate of drug-likeness (QED) is 0.155. The Morgan fingerprint density at radius 1 is 0.603 bits per heavy atom. The van der Waals surface area contributed by atoms with Crippen LogP contribution in [0.1, 0.15) is 129 Å². The summed E-state index contributed by atoms with van der Waals surface area (Å²) in [5, 5.41) is 1.98. The summed E-state index contributed by atoms with van der Waals surface area (Å²) >= 11 is 0. The van der Waals surface area contributed by atoms with Gasteiger partial charge >= 0.3 is 0 Å². The number of oxazole rings is 1. The van der Waals surface area contributed by atoms with Gasteiger partial charge in [0, 0.05) is 48.4 Å². The molecule has 0 aliphatic carbocycles. The number of benzene rings is 4. The topological polar surface area (TPSA) is 77.8 Å². The Morgan fingerprint density at radius 2 is 1.31 bits per heavy atom. The summed E-state index contributed by atoms with van der Waals surface area (Å²) in [6, 6.07) is 33.4. The monoisotopic (exact) mass is 947 g/mol. The van der Waals surface area contributed by atoms with E-state index in [-0.39, 0.29) is 30.9 Å². The molecular formula is C51H54IrN4O2-2. The first kappa shape index (κ1) is 42.6. The number of aromatic nitrogens is 4. The second-order valence-electron chi connectivity index (χ2n) is 18.0. The largest absolute Gasteiger partial charge is 0.497 e. The summed E-state index contributed by atoms with van der Waals surface area (Å²) in [4.78, 5) is 18.6. The van der Waals surface area contributed by atoms with Gasteiger partial charge in [-0.15, -0.1) is 54.1 Å². The summed E-state index contributed by atoms with van der Waals surface area (Å²) in [6.07, 6.45) is 3.57. The normalized spacial score (nSPS) is 12.1. The Bertz CT molecular complexity index is 2650. The summed E-state index contributed by atoms with van der Waals surface area (Å²) in [6.45, 7) is 26.5. The molecule has 58 heavy (non-hydrogen) atoms. The van der Waals surface area contributed by atoms with E-state index >= 15 is 0 Å². The zero-order valence-corrected chi connectivity index (χ0v) is 38.2. The predicted octanol–water partition coefficient (Wildman–Crippen LogP) is 14.2. The molecule has 0 saturated heterocycles. The van der Waals surface area contributed by atoms with Crippen molar-refractivity contribution in [1.82, 2.24) is 19.9 Å². The summed E-state index contributed by atoms with van der Waals surface area (Å²) in [5.74, 6) is 1.74. The van der Waals surface area contributed by atoms with E-state index in [0.29, 0.717) is 34.8 Å². The Labute approximate surface area is 357 Å². The van der Waals surface area contributed by atoms with E-state index in [9.17, 15) is 0 Å². The van der Waals surface area contributed by atoms with Gasteiger partial charge in [-0.05, 0) is 68.9 Å². The van der Waals surface area contributed by atoms with Gasteiger partial charge in [0.15, 0.2) is 11.2 Å². The molecule has 0 aliphatic heterocycles. The minimum absolute atomic E-state index is 0. The molecule has 0 bridgehead atoms. The van der Waals surface area contributed by atoms with Crippen molar-refractivity contribution in [2.45, 2.75) is 112 Å². The third kappa shape index (κ3) is 8.58. The van der Waals surface area contributed by atoms with Gasteiger partial charge in [-0.25, -0.2) is 9.97 Å². The van der Waals surface area contributed by atoms with Crippen LogP contribution >= 0.6 is 0 Å². The number of hydrogen-bond donors (Lipinski definition) is 0. The number of fused-ring (bicyclic) bond motifs is 5. The molecule has 0 atom stereocenters. The van der Waals surface area contributed by atoms with Crippen molar-refractivity contribution < 1.29 is 28.9 Å². The molecule has 301 valence electrons. The van der Waals surface area contributed by atoms with Crippen molar-refractivity contribution in [2.24, 2.45) is 0 Å². The van der Waals surface area contributed by atoms with Crippen LogP contribution in [0.4, 0.5) is 0 Å². The van der Waals surface area contributed by atoms with E-state index in [1.165, 1.54) is 22.3 Å². The maximum Gasteiger partial charge on any atom is 0.228 e. The molecule has 4 heterocycles. The van der Waals surface area contributed by atoms with Crippen LogP contribution < -0.4 is 0 Å². The second-order valence-corrected chi connectivity index (χ2v) is 18.0. The van der Waals surface area contributed by atoms with E-state index in [0.717, 1.165) is 55.6 Å². The molecule has 4 aromatic heterocycles. The van der Waals surface area contributed by atoms with Gasteiger partial charge in [0.25, 0.3) is 0 Å². The molecule has 0 amide bonds. The summed E-state index contributed by atoms with van der Waals surface area (Å²) in [5.41, 5.74) is 13.8. The number of furan rings is 1. The van der Waals surface area contributed by atoms with Crippen LogP contribution in [-0.4, -0.2) is 19.9 Å². The molecule has 0 spiro atoms. The number of nitrogens with zero attached hydrogens (tertiary/aromatic N) is 4. The van der Waals surface area contributed by atoms with Crippen LogP contribution in [0.5, 0.6) is 0 Å². The second kappa shape index (κ2) is 16.7. The molecule has 4 aromatic carbocycles. The van der Waals surface area contributed by atoms with E-state index in [1.807, 2.05) is 54.7 Å². The maximum absolute atomic E-state index is 6.65. The third-order valence-corrected chi connectivity index (χ3v) is 10.6. The fourth-order valence-corrected chi connectivity index (χ4v) is 7.14. The molecule has 1 radical (unpaired) electrons. The zero-order chi connectivity index (χ0) is 40.8. The van der Waals surface area contributed by atoms with E-state index in [4.69, 9.17) is 13.8 Å². The smallest absolute Gasteiger partial charge is 0.228 e. The first-order valence-electron chi connectivity index (χ1n) is 20.1. The number of hydrogen-bond acceptors (Lipinski definition) is 6. The molecule has 6 nitrogen and oxygen atoms in total. The van der Waals surface area contributed by atoms with Crippen LogP contribution in [-0.2, 0) is 30.9 Å². The molecule has 0 fully saturated rings. The fourth-order valence-electron chi connectivity index (χ4n) is 7.14. The molecule has 0 aliphatic rings. The van der Waals surface area contributed by atoms with Gasteiger partial charge in [0.2, 0.25) is 5.89 Å². The van der Waals surface area contributed by atoms with Gasteiger partial charge in [-0.3, -0.25) is 4.98 Å². The van der Waals surface area contributed by atoms with E-state index < -0.39 is 0 Å². The average molecular weight is 947 g/mol. The van der Waals surface area contributed by atoms with Crippen molar-refractivity contribution in [1.29, 1.82) is 0 Å². The minimum Gasteiger partial charge on any atom is -0.497 e. The fraction of sp³-hybridized carbons (Fsp3) is 0.333. The Morgan fingerprint density at radius 3 is 1.90 bits per heavy atom. The zero-order valence-electron chi connectivity index (χ0n) is 35.8. The Kier molecular flexibility index (Phi) is 12.3. The first-order valence-corrected chi connectivity index (χ1v) is 20.1. The number of rotatable bonds is 6.